The number of rotatable bonds is 6. The zero-order chi connectivity index (χ0) is 22.4. The van der Waals surface area contributed by atoms with Crippen molar-refractivity contribution in [2.24, 2.45) is 0 Å². The Morgan fingerprint density at radius 3 is 2.61 bits per heavy atom. The molecule has 0 bridgehead atoms. The van der Waals surface area contributed by atoms with Gasteiger partial charge in [-0.1, -0.05) is 6.07 Å². The first-order valence-electron chi connectivity index (χ1n) is 9.82. The van der Waals surface area contributed by atoms with E-state index >= 15 is 0 Å². The van der Waals surface area contributed by atoms with E-state index in [4.69, 9.17) is 4.74 Å². The molecule has 0 aliphatic heterocycles. The molecule has 3 aromatic rings. The summed E-state index contributed by atoms with van der Waals surface area (Å²) in [6.07, 6.45) is 5.09. The van der Waals surface area contributed by atoms with Gasteiger partial charge in [-0.05, 0) is 63.6 Å². The number of hydrogen-bond acceptors (Lipinski definition) is 7. The summed E-state index contributed by atoms with van der Waals surface area (Å²) in [4.78, 5) is 37.2. The zero-order valence-corrected chi connectivity index (χ0v) is 18.0. The predicted molar refractivity (Wildman–Crippen MR) is 118 cm³/mol. The molecule has 0 radical (unpaired) electrons. The van der Waals surface area contributed by atoms with Crippen molar-refractivity contribution in [1.29, 1.82) is 0 Å². The molecule has 31 heavy (non-hydrogen) atoms. The number of pyridine rings is 1. The van der Waals surface area contributed by atoms with E-state index in [1.807, 2.05) is 25.1 Å². The van der Waals surface area contributed by atoms with Crippen LogP contribution >= 0.6 is 0 Å². The molecular formula is C23H25N5O3. The van der Waals surface area contributed by atoms with E-state index in [1.54, 1.807) is 57.6 Å². The van der Waals surface area contributed by atoms with Crippen LogP contribution in [-0.4, -0.2) is 39.0 Å². The monoisotopic (exact) mass is 419 g/mol. The number of aromatic nitrogens is 3. The van der Waals surface area contributed by atoms with Gasteiger partial charge in [0.2, 0.25) is 5.95 Å². The Kier molecular flexibility index (Phi) is 6.59. The average Bonchev–Trinajstić information content (AvgIpc) is 2.73. The van der Waals surface area contributed by atoms with E-state index in [0.717, 1.165) is 16.8 Å². The van der Waals surface area contributed by atoms with E-state index in [0.29, 0.717) is 17.2 Å². The van der Waals surface area contributed by atoms with Crippen LogP contribution in [0, 0.1) is 6.92 Å². The molecule has 2 aromatic heterocycles. The number of carbonyl (C=O) groups is 2. The van der Waals surface area contributed by atoms with Gasteiger partial charge in [-0.2, -0.15) is 0 Å². The second-order valence-corrected chi connectivity index (χ2v) is 7.93. The van der Waals surface area contributed by atoms with E-state index < -0.39 is 11.6 Å². The van der Waals surface area contributed by atoms with Crippen LogP contribution in [0.5, 0.6) is 0 Å². The summed E-state index contributed by atoms with van der Waals surface area (Å²) < 4.78 is 5.21. The molecule has 2 heterocycles. The number of esters is 1. The largest absolute Gasteiger partial charge is 0.459 e. The molecule has 0 spiro atoms. The highest BCUT2D eigenvalue weighted by molar-refractivity contribution is 5.97. The molecule has 0 aliphatic rings. The second kappa shape index (κ2) is 9.34. The molecule has 3 rings (SSSR count). The minimum Gasteiger partial charge on any atom is -0.459 e. The Balaban J connectivity index is 1.72. The third-order valence-electron chi connectivity index (χ3n) is 4.17. The van der Waals surface area contributed by atoms with Gasteiger partial charge in [0.25, 0.3) is 5.91 Å². The van der Waals surface area contributed by atoms with E-state index in [9.17, 15) is 9.59 Å². The number of ether oxygens (including phenoxy) is 1. The van der Waals surface area contributed by atoms with Crippen molar-refractivity contribution in [1.82, 2.24) is 20.3 Å². The maximum absolute atomic E-state index is 12.5. The molecule has 0 saturated heterocycles. The number of aryl methyl sites for hydroxylation is 1. The van der Waals surface area contributed by atoms with Crippen molar-refractivity contribution in [2.45, 2.75) is 33.3 Å². The first-order valence-corrected chi connectivity index (χ1v) is 9.82. The second-order valence-electron chi connectivity index (χ2n) is 7.93. The molecular weight excluding hydrogens is 394 g/mol. The third kappa shape index (κ3) is 6.33. The number of nitrogens with zero attached hydrogens (tertiary/aromatic N) is 3. The first-order chi connectivity index (χ1) is 14.7. The summed E-state index contributed by atoms with van der Waals surface area (Å²) in [6, 6.07) is 10.8. The number of benzene rings is 1. The van der Waals surface area contributed by atoms with Gasteiger partial charge in [0.05, 0.1) is 5.69 Å². The van der Waals surface area contributed by atoms with Gasteiger partial charge < -0.3 is 15.4 Å². The van der Waals surface area contributed by atoms with Gasteiger partial charge in [-0.25, -0.2) is 9.97 Å². The zero-order valence-electron chi connectivity index (χ0n) is 18.0. The molecule has 0 aliphatic carbocycles. The maximum Gasteiger partial charge on any atom is 0.325 e. The van der Waals surface area contributed by atoms with Gasteiger partial charge >= 0.3 is 5.97 Å². The lowest BCUT2D eigenvalue weighted by Gasteiger charge is -2.19. The normalized spacial score (nSPS) is 11.0. The molecule has 2 N–H and O–H groups in total. The number of carbonyl (C=O) groups excluding carboxylic acids is 2. The summed E-state index contributed by atoms with van der Waals surface area (Å²) in [7, 11) is 0. The van der Waals surface area contributed by atoms with Crippen molar-refractivity contribution < 1.29 is 14.3 Å². The number of amides is 1. The summed E-state index contributed by atoms with van der Waals surface area (Å²) in [5, 5.41) is 5.74. The third-order valence-corrected chi connectivity index (χ3v) is 4.17. The maximum atomic E-state index is 12.5. The highest BCUT2D eigenvalue weighted by Gasteiger charge is 2.17. The molecule has 0 fully saturated rings. The molecule has 1 amide bonds. The standard InChI is InChI=1S/C23H25N5O3/c1-15-7-8-16(21(30)26-14-20(29)31-23(2,3)4)12-19(15)28-22-25-11-9-18(27-22)17-6-5-10-24-13-17/h5-13H,14H2,1-4H3,(H,26,30)(H,25,27,28). The van der Waals surface area contributed by atoms with E-state index in [-0.39, 0.29) is 12.5 Å². The van der Waals surface area contributed by atoms with Gasteiger partial charge in [0.1, 0.15) is 12.1 Å². The van der Waals surface area contributed by atoms with Crippen molar-refractivity contribution in [3.8, 4) is 11.3 Å². The van der Waals surface area contributed by atoms with Crippen LogP contribution in [0.25, 0.3) is 11.3 Å². The summed E-state index contributed by atoms with van der Waals surface area (Å²) in [5.41, 5.74) is 3.01. The predicted octanol–water partition coefficient (Wildman–Crippen LogP) is 3.66. The lowest BCUT2D eigenvalue weighted by atomic mass is 10.1. The highest BCUT2D eigenvalue weighted by atomic mass is 16.6. The highest BCUT2D eigenvalue weighted by Crippen LogP contribution is 2.22. The minimum absolute atomic E-state index is 0.205. The van der Waals surface area contributed by atoms with Crippen molar-refractivity contribution in [3.63, 3.8) is 0 Å². The fourth-order valence-electron chi connectivity index (χ4n) is 2.74. The fourth-order valence-corrected chi connectivity index (χ4v) is 2.74. The summed E-state index contributed by atoms with van der Waals surface area (Å²) in [6.45, 7) is 7.03. The van der Waals surface area contributed by atoms with Crippen LogP contribution in [-0.2, 0) is 9.53 Å². The Hall–Kier alpha value is -3.81. The van der Waals surface area contributed by atoms with E-state index in [2.05, 4.69) is 25.6 Å². The molecule has 0 saturated carbocycles. The summed E-state index contributed by atoms with van der Waals surface area (Å²) in [5.74, 6) is -0.471. The summed E-state index contributed by atoms with van der Waals surface area (Å²) >= 11 is 0. The van der Waals surface area contributed by atoms with Crippen molar-refractivity contribution in [2.75, 3.05) is 11.9 Å². The Morgan fingerprint density at radius 2 is 1.90 bits per heavy atom. The number of anilines is 2. The van der Waals surface area contributed by atoms with Crippen LogP contribution in [0.1, 0.15) is 36.7 Å². The van der Waals surface area contributed by atoms with Gasteiger partial charge in [0.15, 0.2) is 0 Å². The Labute approximate surface area is 181 Å². The molecule has 0 unspecified atom stereocenters. The lowest BCUT2D eigenvalue weighted by molar-refractivity contribution is -0.153. The van der Waals surface area contributed by atoms with Crippen LogP contribution in [0.3, 0.4) is 0 Å². The van der Waals surface area contributed by atoms with Gasteiger partial charge in [0, 0.05) is 35.4 Å². The van der Waals surface area contributed by atoms with Crippen molar-refractivity contribution in [3.05, 3.63) is 66.1 Å². The van der Waals surface area contributed by atoms with Crippen LogP contribution in [0.15, 0.2) is 55.0 Å². The Bertz CT molecular complexity index is 1080. The molecule has 160 valence electrons. The fraction of sp³-hybridized carbons (Fsp3) is 0.261. The van der Waals surface area contributed by atoms with Gasteiger partial charge in [-0.15, -0.1) is 0 Å². The first kappa shape index (κ1) is 21.9. The molecule has 0 atom stereocenters. The van der Waals surface area contributed by atoms with Crippen LogP contribution in [0.4, 0.5) is 11.6 Å². The topological polar surface area (TPSA) is 106 Å². The quantitative estimate of drug-likeness (QED) is 0.587. The molecule has 8 nitrogen and oxygen atoms in total. The van der Waals surface area contributed by atoms with Crippen LogP contribution in [0.2, 0.25) is 0 Å². The van der Waals surface area contributed by atoms with Crippen LogP contribution < -0.4 is 10.6 Å². The SMILES string of the molecule is Cc1ccc(C(=O)NCC(=O)OC(C)(C)C)cc1Nc1nccc(-c2cccnc2)n1. The van der Waals surface area contributed by atoms with E-state index in [1.165, 1.54) is 0 Å². The lowest BCUT2D eigenvalue weighted by Crippen LogP contribution is -2.34. The molecule has 8 heteroatoms. The van der Waals surface area contributed by atoms with Gasteiger partial charge in [-0.3, -0.25) is 14.6 Å². The Morgan fingerprint density at radius 1 is 1.10 bits per heavy atom. The smallest absolute Gasteiger partial charge is 0.325 e. The average molecular weight is 419 g/mol. The minimum atomic E-state index is -0.604. The van der Waals surface area contributed by atoms with Crippen molar-refractivity contribution >= 4 is 23.5 Å². The number of nitrogens with one attached hydrogen (secondary N) is 2. The number of hydrogen-bond donors (Lipinski definition) is 2. The molecule has 1 aromatic carbocycles.